The molecule has 0 saturated carbocycles. The van der Waals surface area contributed by atoms with Gasteiger partial charge in [0.25, 0.3) is 0 Å². The molecule has 10 heteroatoms. The first-order chi connectivity index (χ1) is 29.8. The molecule has 0 radical (unpaired) electrons. The van der Waals surface area contributed by atoms with E-state index >= 15 is 0 Å². The Bertz CT molecular complexity index is 1010. The molecule has 0 bridgehead atoms. The van der Waals surface area contributed by atoms with Gasteiger partial charge in [0.1, 0.15) is 6.61 Å². The first kappa shape index (κ1) is 59.8. The zero-order valence-corrected chi connectivity index (χ0v) is 41.1. The molecule has 0 aliphatic heterocycles. The second-order valence-electron chi connectivity index (χ2n) is 17.8. The summed E-state index contributed by atoms with van der Waals surface area (Å²) in [5.41, 5.74) is 5.37. The smallest absolute Gasteiger partial charge is 0.462 e. The van der Waals surface area contributed by atoms with Crippen molar-refractivity contribution in [2.75, 3.05) is 26.4 Å². The first-order valence-corrected chi connectivity index (χ1v) is 27.7. The van der Waals surface area contributed by atoms with Gasteiger partial charge in [-0.2, -0.15) is 0 Å². The van der Waals surface area contributed by atoms with Crippen LogP contribution in [0.25, 0.3) is 0 Å². The molecule has 1 unspecified atom stereocenters. The van der Waals surface area contributed by atoms with Crippen molar-refractivity contribution < 1.29 is 37.6 Å². The minimum atomic E-state index is -4.38. The van der Waals surface area contributed by atoms with Crippen LogP contribution in [0.5, 0.6) is 0 Å². The molecule has 0 saturated heterocycles. The third kappa shape index (κ3) is 48.1. The highest BCUT2D eigenvalue weighted by Crippen LogP contribution is 2.43. The Morgan fingerprint density at radius 3 is 1.16 bits per heavy atom. The summed E-state index contributed by atoms with van der Waals surface area (Å²) in [7, 11) is -4.38. The number of phosphoric ester groups is 1. The third-order valence-electron chi connectivity index (χ3n) is 11.7. The van der Waals surface area contributed by atoms with Crippen molar-refractivity contribution in [3.63, 3.8) is 0 Å². The highest BCUT2D eigenvalue weighted by molar-refractivity contribution is 7.47. The van der Waals surface area contributed by atoms with Gasteiger partial charge in [-0.25, -0.2) is 4.57 Å². The molecule has 0 aliphatic rings. The van der Waals surface area contributed by atoms with E-state index < -0.39 is 26.5 Å². The SMILES string of the molecule is CCCCCCCC/C=C\CCCCCCCCCCCC(=O)OC[C@H](COP(=O)(O)OCCN)OC(=O)CCCCCCCCCCCCCCCCCCCCCCC. The average molecular weight is 886 g/mol. The van der Waals surface area contributed by atoms with Crippen LogP contribution in [0.1, 0.15) is 271 Å². The number of rotatable bonds is 50. The largest absolute Gasteiger partial charge is 0.472 e. The van der Waals surface area contributed by atoms with Crippen LogP contribution in [-0.2, 0) is 32.7 Å². The van der Waals surface area contributed by atoms with Crippen molar-refractivity contribution in [2.45, 2.75) is 277 Å². The molecule has 0 aromatic heterocycles. The molecule has 0 aromatic carbocycles. The van der Waals surface area contributed by atoms with E-state index in [1.54, 1.807) is 0 Å². The Morgan fingerprint density at radius 1 is 0.475 bits per heavy atom. The number of allylic oxidation sites excluding steroid dienone is 2. The quantitative estimate of drug-likeness (QED) is 0.0265. The Hall–Kier alpha value is -1.25. The van der Waals surface area contributed by atoms with Gasteiger partial charge in [0.15, 0.2) is 6.10 Å². The summed E-state index contributed by atoms with van der Waals surface area (Å²) in [5.74, 6) is -0.813. The van der Waals surface area contributed by atoms with Gasteiger partial charge in [0, 0.05) is 19.4 Å². The van der Waals surface area contributed by atoms with E-state index in [0.717, 1.165) is 32.1 Å². The van der Waals surface area contributed by atoms with Crippen molar-refractivity contribution >= 4 is 19.8 Å². The van der Waals surface area contributed by atoms with Crippen LogP contribution in [0, 0.1) is 0 Å². The molecular weight excluding hydrogens is 786 g/mol. The predicted molar refractivity (Wildman–Crippen MR) is 257 cm³/mol. The molecule has 0 aromatic rings. The minimum Gasteiger partial charge on any atom is -0.462 e. The van der Waals surface area contributed by atoms with Gasteiger partial charge in [-0.15, -0.1) is 0 Å². The van der Waals surface area contributed by atoms with E-state index in [1.165, 1.54) is 205 Å². The Kier molecular flexibility index (Phi) is 47.2. The van der Waals surface area contributed by atoms with Crippen LogP contribution < -0.4 is 5.73 Å². The summed E-state index contributed by atoms with van der Waals surface area (Å²) in [6.45, 7) is 3.79. The number of ether oxygens (including phenoxy) is 2. The van der Waals surface area contributed by atoms with Gasteiger partial charge < -0.3 is 20.1 Å². The summed E-state index contributed by atoms with van der Waals surface area (Å²) in [6.07, 6.45) is 52.5. The van der Waals surface area contributed by atoms with Crippen molar-refractivity contribution in [2.24, 2.45) is 5.73 Å². The fourth-order valence-corrected chi connectivity index (χ4v) is 8.52. The summed E-state index contributed by atoms with van der Waals surface area (Å²) >= 11 is 0. The topological polar surface area (TPSA) is 134 Å². The summed E-state index contributed by atoms with van der Waals surface area (Å²) in [6, 6.07) is 0. The van der Waals surface area contributed by atoms with Crippen LogP contribution in [0.3, 0.4) is 0 Å². The highest BCUT2D eigenvalue weighted by atomic mass is 31.2. The molecule has 0 amide bonds. The maximum absolute atomic E-state index is 12.7. The number of hydrogen-bond acceptors (Lipinski definition) is 8. The van der Waals surface area contributed by atoms with Gasteiger partial charge in [-0.3, -0.25) is 18.6 Å². The van der Waals surface area contributed by atoms with E-state index in [4.69, 9.17) is 24.3 Å². The Labute approximate surface area is 377 Å². The van der Waals surface area contributed by atoms with E-state index in [-0.39, 0.29) is 38.6 Å². The van der Waals surface area contributed by atoms with E-state index in [0.29, 0.717) is 6.42 Å². The molecule has 61 heavy (non-hydrogen) atoms. The number of phosphoric acid groups is 1. The number of carbonyl (C=O) groups excluding carboxylic acids is 2. The lowest BCUT2D eigenvalue weighted by Gasteiger charge is -2.19. The highest BCUT2D eigenvalue weighted by Gasteiger charge is 2.26. The standard InChI is InChI=1S/C51H100NO8P/c1-3-5-7-9-11-13-15-17-19-21-23-24-26-28-30-32-34-36-38-40-42-44-51(54)60-49(48-59-61(55,56)58-46-45-52)47-57-50(53)43-41-39-37-35-33-31-29-27-25-22-20-18-16-14-12-10-8-6-4-2/h18,20,49H,3-17,19,21-48,52H2,1-2H3,(H,55,56)/b20-18-/t49-/m1/s1. The monoisotopic (exact) mass is 886 g/mol. The maximum Gasteiger partial charge on any atom is 0.472 e. The molecule has 362 valence electrons. The zero-order chi connectivity index (χ0) is 44.6. The van der Waals surface area contributed by atoms with Gasteiger partial charge in [0.2, 0.25) is 0 Å². The van der Waals surface area contributed by atoms with Gasteiger partial charge in [-0.1, -0.05) is 231 Å². The Balaban J connectivity index is 4.00. The van der Waals surface area contributed by atoms with Crippen molar-refractivity contribution in [3.05, 3.63) is 12.2 Å². The molecule has 0 fully saturated rings. The van der Waals surface area contributed by atoms with Crippen molar-refractivity contribution in [1.82, 2.24) is 0 Å². The fraction of sp³-hybridized carbons (Fsp3) is 0.922. The van der Waals surface area contributed by atoms with E-state index in [9.17, 15) is 19.0 Å². The number of unbranched alkanes of at least 4 members (excludes halogenated alkanes) is 35. The van der Waals surface area contributed by atoms with Gasteiger partial charge >= 0.3 is 19.8 Å². The average Bonchev–Trinajstić information content (AvgIpc) is 3.25. The van der Waals surface area contributed by atoms with Crippen LogP contribution in [0.2, 0.25) is 0 Å². The molecule has 0 aliphatic carbocycles. The van der Waals surface area contributed by atoms with E-state index in [1.807, 2.05) is 0 Å². The number of nitrogens with two attached hydrogens (primary N) is 1. The second-order valence-corrected chi connectivity index (χ2v) is 19.2. The fourth-order valence-electron chi connectivity index (χ4n) is 7.75. The predicted octanol–water partition coefficient (Wildman–Crippen LogP) is 15.7. The molecular formula is C51H100NO8P. The van der Waals surface area contributed by atoms with Crippen molar-refractivity contribution in [1.29, 1.82) is 0 Å². The lowest BCUT2D eigenvalue weighted by atomic mass is 10.0. The summed E-state index contributed by atoms with van der Waals surface area (Å²) < 4.78 is 33.0. The number of hydrogen-bond donors (Lipinski definition) is 2. The second kappa shape index (κ2) is 48.2. The minimum absolute atomic E-state index is 0.0565. The van der Waals surface area contributed by atoms with Gasteiger partial charge in [-0.05, 0) is 38.5 Å². The molecule has 3 N–H and O–H groups in total. The maximum atomic E-state index is 12.7. The molecule has 0 spiro atoms. The zero-order valence-electron chi connectivity index (χ0n) is 40.2. The lowest BCUT2D eigenvalue weighted by molar-refractivity contribution is -0.161. The van der Waals surface area contributed by atoms with Crippen molar-refractivity contribution in [3.8, 4) is 0 Å². The Morgan fingerprint density at radius 2 is 0.803 bits per heavy atom. The van der Waals surface area contributed by atoms with Crippen LogP contribution in [0.15, 0.2) is 12.2 Å². The molecule has 0 heterocycles. The van der Waals surface area contributed by atoms with Crippen LogP contribution in [-0.4, -0.2) is 49.3 Å². The number of esters is 2. The molecule has 2 atom stereocenters. The van der Waals surface area contributed by atoms with E-state index in [2.05, 4.69) is 26.0 Å². The normalized spacial score (nSPS) is 13.2. The molecule has 9 nitrogen and oxygen atoms in total. The molecule has 0 rings (SSSR count). The third-order valence-corrected chi connectivity index (χ3v) is 12.6. The first-order valence-electron chi connectivity index (χ1n) is 26.2. The van der Waals surface area contributed by atoms with Crippen LogP contribution in [0.4, 0.5) is 0 Å². The summed E-state index contributed by atoms with van der Waals surface area (Å²) in [4.78, 5) is 35.1. The van der Waals surface area contributed by atoms with Crippen LogP contribution >= 0.6 is 7.82 Å². The summed E-state index contributed by atoms with van der Waals surface area (Å²) in [5, 5.41) is 0. The lowest BCUT2D eigenvalue weighted by Crippen LogP contribution is -2.29. The van der Waals surface area contributed by atoms with Gasteiger partial charge in [0.05, 0.1) is 13.2 Å². The number of carbonyl (C=O) groups is 2.